The van der Waals surface area contributed by atoms with Crippen LogP contribution < -0.4 is 0 Å². The molecule has 0 aliphatic rings. The number of terminal acetylenes is 1. The van der Waals surface area contributed by atoms with Crippen molar-refractivity contribution in [2.24, 2.45) is 0 Å². The number of esters is 1. The van der Waals surface area contributed by atoms with Gasteiger partial charge in [0.1, 0.15) is 5.82 Å². The molecule has 4 heteroatoms. The molecular weight excluding hydrogens is 199 g/mol. The van der Waals surface area contributed by atoms with Gasteiger partial charge in [-0.2, -0.15) is 0 Å². The van der Waals surface area contributed by atoms with Gasteiger partial charge in [-0.05, 0) is 30.2 Å². The van der Waals surface area contributed by atoms with E-state index in [1.807, 2.05) is 5.92 Å². The van der Waals surface area contributed by atoms with Crippen molar-refractivity contribution in [1.29, 1.82) is 0 Å². The van der Waals surface area contributed by atoms with Gasteiger partial charge >= 0.3 is 11.8 Å². The zero-order chi connectivity index (χ0) is 11.5. The predicted octanol–water partition coefficient (Wildman–Crippen LogP) is 1.17. The largest absolute Gasteiger partial charge is 0.417 e. The van der Waals surface area contributed by atoms with Crippen molar-refractivity contribution in [3.63, 3.8) is 0 Å². The van der Waals surface area contributed by atoms with E-state index in [9.17, 15) is 14.3 Å². The molecule has 1 aromatic carbocycles. The zero-order valence-corrected chi connectivity index (χ0v) is 8.03. The van der Waals surface area contributed by atoms with Crippen LogP contribution in [0.1, 0.15) is 12.5 Å². The zero-order valence-electron chi connectivity index (χ0n) is 8.03. The topological polar surface area (TPSA) is 46.5 Å². The van der Waals surface area contributed by atoms with E-state index in [2.05, 4.69) is 4.74 Å². The van der Waals surface area contributed by atoms with Crippen LogP contribution in [-0.4, -0.2) is 11.1 Å². The Labute approximate surface area is 86.5 Å². The molecule has 0 heterocycles. The van der Waals surface area contributed by atoms with Gasteiger partial charge in [-0.15, -0.1) is 6.42 Å². The van der Waals surface area contributed by atoms with E-state index in [4.69, 9.17) is 6.42 Å². The van der Waals surface area contributed by atoms with Crippen LogP contribution in [0.3, 0.4) is 0 Å². The maximum Gasteiger partial charge on any atom is 0.306 e. The number of aliphatic hydroxyl groups is 1. The molecule has 0 fully saturated rings. The van der Waals surface area contributed by atoms with Gasteiger partial charge in [0.05, 0.1) is 0 Å². The van der Waals surface area contributed by atoms with Crippen LogP contribution in [-0.2, 0) is 15.3 Å². The Morgan fingerprint density at radius 1 is 1.53 bits per heavy atom. The van der Waals surface area contributed by atoms with Crippen LogP contribution in [0.4, 0.5) is 4.39 Å². The lowest BCUT2D eigenvalue weighted by atomic mass is 10.1. The number of halogens is 1. The summed E-state index contributed by atoms with van der Waals surface area (Å²) < 4.78 is 17.2. The second kappa shape index (κ2) is 4.11. The Hall–Kier alpha value is -1.86. The molecule has 0 saturated heterocycles. The highest BCUT2D eigenvalue weighted by Crippen LogP contribution is 2.22. The van der Waals surface area contributed by atoms with Gasteiger partial charge in [0.25, 0.3) is 0 Å². The highest BCUT2D eigenvalue weighted by atomic mass is 19.1. The first-order valence-electron chi connectivity index (χ1n) is 4.14. The van der Waals surface area contributed by atoms with E-state index in [0.717, 1.165) is 19.1 Å². The smallest absolute Gasteiger partial charge is 0.306 e. The minimum atomic E-state index is -2.14. The number of hydrogen-bond acceptors (Lipinski definition) is 3. The summed E-state index contributed by atoms with van der Waals surface area (Å²) in [6, 6.07) is 4.72. The fraction of sp³-hybridized carbons (Fsp3) is 0.182. The summed E-state index contributed by atoms with van der Waals surface area (Å²) in [4.78, 5) is 10.7. The number of ether oxygens (including phenoxy) is 1. The molecule has 0 radical (unpaired) electrons. The molecule has 1 aromatic rings. The van der Waals surface area contributed by atoms with Crippen LogP contribution in [0, 0.1) is 18.2 Å². The second-order valence-corrected chi connectivity index (χ2v) is 2.89. The van der Waals surface area contributed by atoms with Crippen molar-refractivity contribution in [2.75, 3.05) is 0 Å². The summed E-state index contributed by atoms with van der Waals surface area (Å²) in [6.45, 7) is 1.12. The molecule has 1 rings (SSSR count). The third kappa shape index (κ3) is 2.55. The molecular formula is C11H9FO3. The van der Waals surface area contributed by atoms with Crippen LogP contribution in [0.25, 0.3) is 0 Å². The summed E-state index contributed by atoms with van der Waals surface area (Å²) in [6.07, 6.45) is 5.05. The Morgan fingerprint density at radius 2 is 2.07 bits per heavy atom. The molecule has 3 nitrogen and oxygen atoms in total. The van der Waals surface area contributed by atoms with Crippen LogP contribution in [0.15, 0.2) is 24.3 Å². The van der Waals surface area contributed by atoms with E-state index in [-0.39, 0.29) is 5.56 Å². The van der Waals surface area contributed by atoms with Crippen molar-refractivity contribution in [3.8, 4) is 12.3 Å². The van der Waals surface area contributed by atoms with E-state index >= 15 is 0 Å². The Kier molecular flexibility index (Phi) is 3.08. The van der Waals surface area contributed by atoms with E-state index in [0.29, 0.717) is 0 Å². The molecule has 1 N–H and O–H groups in total. The monoisotopic (exact) mass is 208 g/mol. The fourth-order valence-corrected chi connectivity index (χ4v) is 1.06. The van der Waals surface area contributed by atoms with Gasteiger partial charge in [0, 0.05) is 12.5 Å². The summed E-state index contributed by atoms with van der Waals surface area (Å²) in [5.41, 5.74) is 0.126. The van der Waals surface area contributed by atoms with Gasteiger partial charge in [-0.25, -0.2) is 4.39 Å². The summed E-state index contributed by atoms with van der Waals surface area (Å²) in [7, 11) is 0. The molecule has 15 heavy (non-hydrogen) atoms. The average Bonchev–Trinajstić information content (AvgIpc) is 2.17. The SMILES string of the molecule is C#CC(O)(OC(C)=O)c1ccc(F)cc1. The molecule has 0 aromatic heterocycles. The van der Waals surface area contributed by atoms with Gasteiger partial charge in [0.2, 0.25) is 0 Å². The van der Waals surface area contributed by atoms with Crippen LogP contribution in [0.5, 0.6) is 0 Å². The fourth-order valence-electron chi connectivity index (χ4n) is 1.06. The van der Waals surface area contributed by atoms with Gasteiger partial charge in [-0.3, -0.25) is 4.79 Å². The molecule has 0 aliphatic heterocycles. The van der Waals surface area contributed by atoms with Gasteiger partial charge in [-0.1, -0.05) is 0 Å². The predicted molar refractivity (Wildman–Crippen MR) is 50.9 cm³/mol. The molecule has 0 saturated carbocycles. The number of hydrogen-bond donors (Lipinski definition) is 1. The average molecular weight is 208 g/mol. The highest BCUT2D eigenvalue weighted by Gasteiger charge is 2.30. The van der Waals surface area contributed by atoms with E-state index in [1.165, 1.54) is 12.1 Å². The number of carbonyl (C=O) groups is 1. The third-order valence-corrected chi connectivity index (χ3v) is 1.72. The van der Waals surface area contributed by atoms with Crippen LogP contribution in [0.2, 0.25) is 0 Å². The Balaban J connectivity index is 3.07. The lowest BCUT2D eigenvalue weighted by molar-refractivity contribution is -0.188. The minimum absolute atomic E-state index is 0.126. The molecule has 0 spiro atoms. The van der Waals surface area contributed by atoms with Crippen molar-refractivity contribution in [1.82, 2.24) is 0 Å². The van der Waals surface area contributed by atoms with Crippen LogP contribution >= 0.6 is 0 Å². The first-order chi connectivity index (χ1) is 6.98. The normalized spacial score (nSPS) is 13.7. The highest BCUT2D eigenvalue weighted by molar-refractivity contribution is 5.67. The lowest BCUT2D eigenvalue weighted by Gasteiger charge is -2.21. The summed E-state index contributed by atoms with van der Waals surface area (Å²) >= 11 is 0. The number of rotatable bonds is 2. The van der Waals surface area contributed by atoms with Crippen molar-refractivity contribution < 1.29 is 19.0 Å². The Morgan fingerprint density at radius 3 is 2.47 bits per heavy atom. The number of carbonyl (C=O) groups excluding carboxylic acids is 1. The van der Waals surface area contributed by atoms with E-state index in [1.54, 1.807) is 0 Å². The second-order valence-electron chi connectivity index (χ2n) is 2.89. The summed E-state index contributed by atoms with van der Waals surface area (Å²) in [5.74, 6) is -1.40. The minimum Gasteiger partial charge on any atom is -0.417 e. The molecule has 78 valence electrons. The first kappa shape index (κ1) is 11.2. The van der Waals surface area contributed by atoms with Crippen molar-refractivity contribution in [2.45, 2.75) is 12.7 Å². The quantitative estimate of drug-likeness (QED) is 0.451. The maximum atomic E-state index is 12.6. The lowest BCUT2D eigenvalue weighted by Crippen LogP contribution is -2.29. The summed E-state index contributed by atoms with van der Waals surface area (Å²) in [5, 5.41) is 9.75. The van der Waals surface area contributed by atoms with Gasteiger partial charge < -0.3 is 9.84 Å². The Bertz CT molecular complexity index is 405. The first-order valence-corrected chi connectivity index (χ1v) is 4.14. The van der Waals surface area contributed by atoms with Gasteiger partial charge in [0.15, 0.2) is 0 Å². The number of benzene rings is 1. The van der Waals surface area contributed by atoms with Crippen molar-refractivity contribution in [3.05, 3.63) is 35.6 Å². The molecule has 0 amide bonds. The standard InChI is InChI=1S/C11H9FO3/c1-3-11(14,15-8(2)13)9-4-6-10(12)7-5-9/h1,4-7,14H,2H3. The van der Waals surface area contributed by atoms with Crippen molar-refractivity contribution >= 4 is 5.97 Å². The molecule has 0 bridgehead atoms. The molecule has 1 unspecified atom stereocenters. The van der Waals surface area contributed by atoms with E-state index < -0.39 is 17.6 Å². The maximum absolute atomic E-state index is 12.6. The third-order valence-electron chi connectivity index (χ3n) is 1.72. The molecule has 1 atom stereocenters. The molecule has 0 aliphatic carbocycles.